The molecule has 2 heterocycles. The Morgan fingerprint density at radius 2 is 2.19 bits per heavy atom. The van der Waals surface area contributed by atoms with Crippen LogP contribution < -0.4 is 5.32 Å². The fourth-order valence-corrected chi connectivity index (χ4v) is 1.51. The summed E-state index contributed by atoms with van der Waals surface area (Å²) in [6.07, 6.45) is 4.48. The quantitative estimate of drug-likeness (QED) is 0.848. The van der Waals surface area contributed by atoms with Gasteiger partial charge >= 0.3 is 0 Å². The standard InChI is InChI=1S/C11H15N5/c1-4-9-14-10(12-3)7-11(15-9)16-6-5-13-8(16)2/h5-7H,4H2,1-3H3,(H,12,14,15). The van der Waals surface area contributed by atoms with Gasteiger partial charge in [0, 0.05) is 31.9 Å². The zero-order valence-corrected chi connectivity index (χ0v) is 9.73. The molecule has 1 N–H and O–H groups in total. The average Bonchev–Trinajstić information content (AvgIpc) is 2.74. The Bertz CT molecular complexity index is 467. The molecule has 0 spiro atoms. The molecule has 2 rings (SSSR count). The van der Waals surface area contributed by atoms with Gasteiger partial charge in [-0.15, -0.1) is 0 Å². The Kier molecular flexibility index (Phi) is 2.85. The van der Waals surface area contributed by atoms with Crippen LogP contribution in [0.1, 0.15) is 18.6 Å². The molecular weight excluding hydrogens is 202 g/mol. The second-order valence-electron chi connectivity index (χ2n) is 3.48. The van der Waals surface area contributed by atoms with Crippen LogP contribution in [0.4, 0.5) is 5.82 Å². The Morgan fingerprint density at radius 1 is 1.38 bits per heavy atom. The summed E-state index contributed by atoms with van der Waals surface area (Å²) in [5.74, 6) is 3.43. The smallest absolute Gasteiger partial charge is 0.143 e. The number of nitrogens with one attached hydrogen (secondary N) is 1. The van der Waals surface area contributed by atoms with Gasteiger partial charge < -0.3 is 5.32 Å². The van der Waals surface area contributed by atoms with Gasteiger partial charge in [0.1, 0.15) is 23.3 Å². The molecular formula is C11H15N5. The van der Waals surface area contributed by atoms with E-state index >= 15 is 0 Å². The number of hydrogen-bond donors (Lipinski definition) is 1. The lowest BCUT2D eigenvalue weighted by atomic mass is 10.4. The molecule has 0 saturated heterocycles. The predicted molar refractivity (Wildman–Crippen MR) is 62.8 cm³/mol. The largest absolute Gasteiger partial charge is 0.373 e. The maximum absolute atomic E-state index is 4.47. The average molecular weight is 217 g/mol. The van der Waals surface area contributed by atoms with Gasteiger partial charge in [0.15, 0.2) is 0 Å². The number of hydrogen-bond acceptors (Lipinski definition) is 4. The predicted octanol–water partition coefficient (Wildman–Crippen LogP) is 1.57. The van der Waals surface area contributed by atoms with Crippen LogP contribution in [-0.2, 0) is 6.42 Å². The summed E-state index contributed by atoms with van der Waals surface area (Å²) in [5.41, 5.74) is 0. The molecule has 0 saturated carbocycles. The number of rotatable bonds is 3. The van der Waals surface area contributed by atoms with Crippen LogP contribution in [0.2, 0.25) is 0 Å². The van der Waals surface area contributed by atoms with Gasteiger partial charge in [0.2, 0.25) is 0 Å². The summed E-state index contributed by atoms with van der Waals surface area (Å²) >= 11 is 0. The number of nitrogens with zero attached hydrogens (tertiary/aromatic N) is 4. The summed E-state index contributed by atoms with van der Waals surface area (Å²) in [6.45, 7) is 3.99. The first-order valence-electron chi connectivity index (χ1n) is 5.30. The lowest BCUT2D eigenvalue weighted by molar-refractivity contribution is 0.868. The molecule has 0 bridgehead atoms. The van der Waals surface area contributed by atoms with E-state index in [1.54, 1.807) is 6.20 Å². The first-order valence-corrected chi connectivity index (χ1v) is 5.30. The van der Waals surface area contributed by atoms with Gasteiger partial charge in [-0.1, -0.05) is 6.92 Å². The third-order valence-corrected chi connectivity index (χ3v) is 2.40. The highest BCUT2D eigenvalue weighted by atomic mass is 15.1. The third-order valence-electron chi connectivity index (χ3n) is 2.40. The highest BCUT2D eigenvalue weighted by molar-refractivity contribution is 5.41. The van der Waals surface area contributed by atoms with Gasteiger partial charge in [-0.2, -0.15) is 0 Å². The number of aromatic nitrogens is 4. The summed E-state index contributed by atoms with van der Waals surface area (Å²) in [6, 6.07) is 1.91. The van der Waals surface area contributed by atoms with Crippen LogP contribution in [0.3, 0.4) is 0 Å². The van der Waals surface area contributed by atoms with Gasteiger partial charge in [-0.25, -0.2) is 15.0 Å². The highest BCUT2D eigenvalue weighted by Crippen LogP contribution is 2.12. The van der Waals surface area contributed by atoms with E-state index in [0.29, 0.717) is 0 Å². The Hall–Kier alpha value is -1.91. The molecule has 0 aliphatic rings. The molecule has 0 aromatic carbocycles. The summed E-state index contributed by atoms with van der Waals surface area (Å²) in [5, 5.41) is 3.04. The van der Waals surface area contributed by atoms with E-state index in [-0.39, 0.29) is 0 Å². The van der Waals surface area contributed by atoms with E-state index in [1.165, 1.54) is 0 Å². The lowest BCUT2D eigenvalue weighted by Crippen LogP contribution is -2.05. The highest BCUT2D eigenvalue weighted by Gasteiger charge is 2.06. The van der Waals surface area contributed by atoms with E-state index in [0.717, 1.165) is 29.7 Å². The van der Waals surface area contributed by atoms with Crippen LogP contribution >= 0.6 is 0 Å². The number of aryl methyl sites for hydroxylation is 2. The Morgan fingerprint density at radius 3 is 2.75 bits per heavy atom. The van der Waals surface area contributed by atoms with Crippen LogP contribution in [0.15, 0.2) is 18.5 Å². The van der Waals surface area contributed by atoms with Gasteiger partial charge in [-0.05, 0) is 6.92 Å². The molecule has 0 aliphatic carbocycles. The van der Waals surface area contributed by atoms with Crippen LogP contribution in [0.25, 0.3) is 5.82 Å². The van der Waals surface area contributed by atoms with Crippen molar-refractivity contribution >= 4 is 5.82 Å². The normalized spacial score (nSPS) is 10.4. The monoisotopic (exact) mass is 217 g/mol. The summed E-state index contributed by atoms with van der Waals surface area (Å²) in [7, 11) is 1.85. The van der Waals surface area contributed by atoms with Crippen LogP contribution in [0.5, 0.6) is 0 Å². The van der Waals surface area contributed by atoms with Crippen molar-refractivity contribution in [3.05, 3.63) is 30.1 Å². The fraction of sp³-hybridized carbons (Fsp3) is 0.364. The van der Waals surface area contributed by atoms with E-state index in [9.17, 15) is 0 Å². The topological polar surface area (TPSA) is 55.6 Å². The fourth-order valence-electron chi connectivity index (χ4n) is 1.51. The van der Waals surface area contributed by atoms with E-state index in [4.69, 9.17) is 0 Å². The van der Waals surface area contributed by atoms with Crippen molar-refractivity contribution in [3.8, 4) is 5.82 Å². The van der Waals surface area contributed by atoms with Crippen molar-refractivity contribution < 1.29 is 0 Å². The molecule has 0 fully saturated rings. The number of anilines is 1. The minimum atomic E-state index is 0.816. The minimum Gasteiger partial charge on any atom is -0.373 e. The summed E-state index contributed by atoms with van der Waals surface area (Å²) in [4.78, 5) is 13.0. The first kappa shape index (κ1) is 10.6. The second-order valence-corrected chi connectivity index (χ2v) is 3.48. The van der Waals surface area contributed by atoms with E-state index in [2.05, 4.69) is 20.3 Å². The molecule has 0 radical (unpaired) electrons. The molecule has 5 nitrogen and oxygen atoms in total. The molecule has 2 aromatic rings. The minimum absolute atomic E-state index is 0.816. The lowest BCUT2D eigenvalue weighted by Gasteiger charge is -2.08. The van der Waals surface area contributed by atoms with Gasteiger partial charge in [0.05, 0.1) is 0 Å². The van der Waals surface area contributed by atoms with E-state index in [1.807, 2.05) is 37.7 Å². The third kappa shape index (κ3) is 1.88. The Balaban J connectivity index is 2.52. The molecule has 16 heavy (non-hydrogen) atoms. The van der Waals surface area contributed by atoms with Gasteiger partial charge in [0.25, 0.3) is 0 Å². The van der Waals surface area contributed by atoms with E-state index < -0.39 is 0 Å². The van der Waals surface area contributed by atoms with Crippen LogP contribution in [-0.4, -0.2) is 26.6 Å². The molecule has 2 aromatic heterocycles. The zero-order chi connectivity index (χ0) is 11.5. The molecule has 0 aliphatic heterocycles. The SMILES string of the molecule is CCc1nc(NC)cc(-n2ccnc2C)n1. The molecule has 0 unspecified atom stereocenters. The summed E-state index contributed by atoms with van der Waals surface area (Å²) < 4.78 is 1.95. The molecule has 0 amide bonds. The van der Waals surface area contributed by atoms with Crippen molar-refractivity contribution in [3.63, 3.8) is 0 Å². The first-order chi connectivity index (χ1) is 7.74. The maximum Gasteiger partial charge on any atom is 0.143 e. The molecule has 5 heteroatoms. The Labute approximate surface area is 94.6 Å². The van der Waals surface area contributed by atoms with Crippen molar-refractivity contribution in [1.82, 2.24) is 19.5 Å². The molecule has 0 atom stereocenters. The second kappa shape index (κ2) is 4.30. The maximum atomic E-state index is 4.47. The van der Waals surface area contributed by atoms with Crippen molar-refractivity contribution in [2.75, 3.05) is 12.4 Å². The number of imidazole rings is 1. The van der Waals surface area contributed by atoms with Crippen molar-refractivity contribution in [2.45, 2.75) is 20.3 Å². The van der Waals surface area contributed by atoms with Crippen LogP contribution in [0, 0.1) is 6.92 Å². The van der Waals surface area contributed by atoms with Crippen molar-refractivity contribution in [1.29, 1.82) is 0 Å². The van der Waals surface area contributed by atoms with Gasteiger partial charge in [-0.3, -0.25) is 4.57 Å². The zero-order valence-electron chi connectivity index (χ0n) is 9.73. The van der Waals surface area contributed by atoms with Crippen molar-refractivity contribution in [2.24, 2.45) is 0 Å². The molecule has 84 valence electrons.